The van der Waals surface area contributed by atoms with Gasteiger partial charge in [0.1, 0.15) is 17.4 Å². The number of fused-ring (bicyclic) bond motifs is 3. The SMILES string of the molecule is COc1ccc2c3c([nH]c2c1)[C@@H](c1cccc(Br)c1)N(C(=O)OC(C)(C)C)CC3. The Bertz CT molecular complexity index is 1070. The molecule has 1 aliphatic rings. The first-order valence-corrected chi connectivity index (χ1v) is 10.5. The van der Waals surface area contributed by atoms with Crippen molar-refractivity contribution in [1.82, 2.24) is 9.88 Å². The van der Waals surface area contributed by atoms with E-state index in [1.807, 2.05) is 56.0 Å². The second kappa shape index (κ2) is 7.41. The van der Waals surface area contributed by atoms with Gasteiger partial charge in [-0.25, -0.2) is 4.79 Å². The Morgan fingerprint density at radius 1 is 1.21 bits per heavy atom. The zero-order valence-electron chi connectivity index (χ0n) is 17.1. The molecule has 0 bridgehead atoms. The normalized spacial score (nSPS) is 16.6. The molecule has 2 heterocycles. The minimum atomic E-state index is -0.549. The van der Waals surface area contributed by atoms with E-state index in [1.165, 1.54) is 10.9 Å². The van der Waals surface area contributed by atoms with E-state index in [1.54, 1.807) is 7.11 Å². The third-order valence-electron chi connectivity index (χ3n) is 5.13. The highest BCUT2D eigenvalue weighted by Crippen LogP contribution is 2.40. The first-order valence-electron chi connectivity index (χ1n) is 9.70. The summed E-state index contributed by atoms with van der Waals surface area (Å²) in [6.07, 6.45) is 0.468. The summed E-state index contributed by atoms with van der Waals surface area (Å²) in [4.78, 5) is 18.4. The van der Waals surface area contributed by atoms with Gasteiger partial charge in [-0.3, -0.25) is 4.90 Å². The number of benzene rings is 2. The van der Waals surface area contributed by atoms with Crippen LogP contribution in [0.2, 0.25) is 0 Å². The predicted octanol–water partition coefficient (Wildman–Crippen LogP) is 5.82. The number of carbonyl (C=O) groups excluding carboxylic acids is 1. The lowest BCUT2D eigenvalue weighted by Gasteiger charge is -2.37. The summed E-state index contributed by atoms with van der Waals surface area (Å²) in [5.41, 5.74) is 3.77. The van der Waals surface area contributed by atoms with Gasteiger partial charge in [0.15, 0.2) is 0 Å². The van der Waals surface area contributed by atoms with Crippen LogP contribution in [0.3, 0.4) is 0 Å². The van der Waals surface area contributed by atoms with Gasteiger partial charge in [-0.2, -0.15) is 0 Å². The number of carbonyl (C=O) groups is 1. The third kappa shape index (κ3) is 3.86. The van der Waals surface area contributed by atoms with Gasteiger partial charge < -0.3 is 14.5 Å². The van der Waals surface area contributed by atoms with Crippen molar-refractivity contribution in [1.29, 1.82) is 0 Å². The van der Waals surface area contributed by atoms with E-state index in [2.05, 4.69) is 33.0 Å². The fraction of sp³-hybridized carbons (Fsp3) is 0.348. The molecule has 1 aliphatic heterocycles. The maximum absolute atomic E-state index is 13.1. The van der Waals surface area contributed by atoms with Crippen LogP contribution in [-0.2, 0) is 11.2 Å². The van der Waals surface area contributed by atoms with Crippen molar-refractivity contribution in [2.45, 2.75) is 38.8 Å². The molecule has 0 saturated carbocycles. The molecule has 1 atom stereocenters. The molecule has 1 amide bonds. The standard InChI is InChI=1S/C23H25BrN2O3/c1-23(2,3)29-22(27)26-11-10-18-17-9-8-16(28-4)13-19(17)25-20(18)21(26)14-6-5-7-15(24)12-14/h5-9,12-13,21,25H,10-11H2,1-4H3/t21-/m1/s1. The van der Waals surface area contributed by atoms with Crippen LogP contribution in [0.25, 0.3) is 10.9 Å². The molecule has 0 unspecified atom stereocenters. The lowest BCUT2D eigenvalue weighted by Crippen LogP contribution is -2.43. The Kier molecular flexibility index (Phi) is 5.07. The van der Waals surface area contributed by atoms with Crippen molar-refractivity contribution in [3.63, 3.8) is 0 Å². The molecule has 4 rings (SSSR count). The van der Waals surface area contributed by atoms with Gasteiger partial charge in [0.25, 0.3) is 0 Å². The summed E-state index contributed by atoms with van der Waals surface area (Å²) in [5.74, 6) is 0.805. The Morgan fingerprint density at radius 2 is 2.00 bits per heavy atom. The molecule has 3 aromatic rings. The van der Waals surface area contributed by atoms with E-state index in [0.717, 1.165) is 33.4 Å². The van der Waals surface area contributed by atoms with Crippen LogP contribution < -0.4 is 4.74 Å². The summed E-state index contributed by atoms with van der Waals surface area (Å²) in [5, 5.41) is 1.17. The van der Waals surface area contributed by atoms with Gasteiger partial charge in [-0.1, -0.05) is 28.1 Å². The molecular weight excluding hydrogens is 432 g/mol. The third-order valence-corrected chi connectivity index (χ3v) is 5.62. The molecule has 0 aliphatic carbocycles. The van der Waals surface area contributed by atoms with Crippen LogP contribution in [0.1, 0.15) is 43.6 Å². The molecule has 5 nitrogen and oxygen atoms in total. The van der Waals surface area contributed by atoms with Gasteiger partial charge in [0.2, 0.25) is 0 Å². The molecular formula is C23H25BrN2O3. The number of ether oxygens (including phenoxy) is 2. The van der Waals surface area contributed by atoms with E-state index in [9.17, 15) is 4.79 Å². The highest BCUT2D eigenvalue weighted by molar-refractivity contribution is 9.10. The predicted molar refractivity (Wildman–Crippen MR) is 117 cm³/mol. The molecule has 0 radical (unpaired) electrons. The fourth-order valence-corrected chi connectivity index (χ4v) is 4.36. The molecule has 0 saturated heterocycles. The second-order valence-corrected chi connectivity index (χ2v) is 9.23. The van der Waals surface area contributed by atoms with Gasteiger partial charge >= 0.3 is 6.09 Å². The zero-order valence-corrected chi connectivity index (χ0v) is 18.7. The van der Waals surface area contributed by atoms with Gasteiger partial charge in [-0.15, -0.1) is 0 Å². The van der Waals surface area contributed by atoms with Gasteiger partial charge in [-0.05, 0) is 62.6 Å². The van der Waals surface area contributed by atoms with E-state index in [4.69, 9.17) is 9.47 Å². The van der Waals surface area contributed by atoms with E-state index < -0.39 is 5.60 Å². The van der Waals surface area contributed by atoms with Crippen molar-refractivity contribution in [2.75, 3.05) is 13.7 Å². The fourth-order valence-electron chi connectivity index (χ4n) is 3.94. The molecule has 152 valence electrons. The van der Waals surface area contributed by atoms with E-state index in [0.29, 0.717) is 6.54 Å². The lowest BCUT2D eigenvalue weighted by molar-refractivity contribution is 0.0175. The molecule has 6 heteroatoms. The quantitative estimate of drug-likeness (QED) is 0.528. The Morgan fingerprint density at radius 3 is 2.69 bits per heavy atom. The number of aromatic amines is 1. The summed E-state index contributed by atoms with van der Waals surface area (Å²) in [6.45, 7) is 6.27. The summed E-state index contributed by atoms with van der Waals surface area (Å²) >= 11 is 3.57. The van der Waals surface area contributed by atoms with Crippen molar-refractivity contribution in [2.24, 2.45) is 0 Å². The average molecular weight is 457 g/mol. The molecule has 0 spiro atoms. The van der Waals surface area contributed by atoms with Gasteiger partial charge in [0, 0.05) is 33.7 Å². The van der Waals surface area contributed by atoms with E-state index in [-0.39, 0.29) is 12.1 Å². The number of H-pyrrole nitrogens is 1. The van der Waals surface area contributed by atoms with Crippen LogP contribution in [-0.4, -0.2) is 35.2 Å². The van der Waals surface area contributed by atoms with Crippen molar-refractivity contribution < 1.29 is 14.3 Å². The summed E-state index contributed by atoms with van der Waals surface area (Å²) < 4.78 is 12.1. The highest BCUT2D eigenvalue weighted by atomic mass is 79.9. The monoisotopic (exact) mass is 456 g/mol. The van der Waals surface area contributed by atoms with Crippen molar-refractivity contribution in [3.05, 3.63) is 63.8 Å². The van der Waals surface area contributed by atoms with Crippen molar-refractivity contribution in [3.8, 4) is 5.75 Å². The lowest BCUT2D eigenvalue weighted by atomic mass is 9.92. The van der Waals surface area contributed by atoms with Crippen LogP contribution in [0.5, 0.6) is 5.75 Å². The first-order chi connectivity index (χ1) is 13.8. The van der Waals surface area contributed by atoms with Crippen molar-refractivity contribution >= 4 is 32.9 Å². The number of nitrogens with one attached hydrogen (secondary N) is 1. The van der Waals surface area contributed by atoms with Crippen LogP contribution in [0, 0.1) is 0 Å². The second-order valence-electron chi connectivity index (χ2n) is 8.31. The molecule has 29 heavy (non-hydrogen) atoms. The number of methoxy groups -OCH3 is 1. The van der Waals surface area contributed by atoms with Crippen LogP contribution in [0.4, 0.5) is 4.79 Å². The number of nitrogens with zero attached hydrogens (tertiary/aromatic N) is 1. The number of amides is 1. The molecule has 1 N–H and O–H groups in total. The minimum absolute atomic E-state index is 0.246. The number of hydrogen-bond donors (Lipinski definition) is 1. The zero-order chi connectivity index (χ0) is 20.8. The minimum Gasteiger partial charge on any atom is -0.497 e. The largest absolute Gasteiger partial charge is 0.497 e. The topological polar surface area (TPSA) is 54.6 Å². The Labute approximate surface area is 179 Å². The first kappa shape index (κ1) is 19.8. The van der Waals surface area contributed by atoms with Crippen LogP contribution in [0.15, 0.2) is 46.9 Å². The maximum Gasteiger partial charge on any atom is 0.411 e. The number of rotatable bonds is 2. The van der Waals surface area contributed by atoms with E-state index >= 15 is 0 Å². The molecule has 0 fully saturated rings. The van der Waals surface area contributed by atoms with Crippen LogP contribution >= 0.6 is 15.9 Å². The number of aromatic nitrogens is 1. The highest BCUT2D eigenvalue weighted by Gasteiger charge is 2.36. The van der Waals surface area contributed by atoms with Gasteiger partial charge in [0.05, 0.1) is 7.11 Å². The Balaban J connectivity index is 1.85. The smallest absolute Gasteiger partial charge is 0.411 e. The maximum atomic E-state index is 13.1. The Hall–Kier alpha value is -2.47. The number of hydrogen-bond acceptors (Lipinski definition) is 3. The average Bonchev–Trinajstić information content (AvgIpc) is 3.03. The molecule has 2 aromatic carbocycles. The summed E-state index contributed by atoms with van der Waals surface area (Å²) in [6, 6.07) is 13.9. The molecule has 1 aromatic heterocycles. The summed E-state index contributed by atoms with van der Waals surface area (Å²) in [7, 11) is 1.67. The number of halogens is 1.